The molecule has 3 aromatic rings. The number of hydrogen-bond donors (Lipinski definition) is 1. The fourth-order valence-electron chi connectivity index (χ4n) is 2.29. The molecule has 1 aromatic carbocycles. The van der Waals surface area contributed by atoms with Crippen LogP contribution in [0.25, 0.3) is 11.2 Å². The van der Waals surface area contributed by atoms with Crippen molar-refractivity contribution in [3.05, 3.63) is 36.2 Å². The van der Waals surface area contributed by atoms with Gasteiger partial charge in [0.1, 0.15) is 12.1 Å². The second-order valence-corrected chi connectivity index (χ2v) is 6.00. The SMILES string of the molecule is CCn1nnc2c(NCc3ccc(OCC(C)C)cc3)ncnc21. The normalized spacial score (nSPS) is 11.2. The Morgan fingerprint density at radius 3 is 2.67 bits per heavy atom. The van der Waals surface area contributed by atoms with Gasteiger partial charge in [0, 0.05) is 13.1 Å². The van der Waals surface area contributed by atoms with E-state index in [1.807, 2.05) is 31.2 Å². The summed E-state index contributed by atoms with van der Waals surface area (Å²) in [5.41, 5.74) is 2.57. The maximum absolute atomic E-state index is 5.70. The number of rotatable bonds is 7. The highest BCUT2D eigenvalue weighted by atomic mass is 16.5. The maximum Gasteiger partial charge on any atom is 0.183 e. The average molecular weight is 326 g/mol. The van der Waals surface area contributed by atoms with Crippen molar-refractivity contribution in [2.24, 2.45) is 5.92 Å². The van der Waals surface area contributed by atoms with Crippen LogP contribution in [0.15, 0.2) is 30.6 Å². The van der Waals surface area contributed by atoms with Crippen molar-refractivity contribution in [2.45, 2.75) is 33.9 Å². The van der Waals surface area contributed by atoms with E-state index < -0.39 is 0 Å². The van der Waals surface area contributed by atoms with Crippen LogP contribution in [0.1, 0.15) is 26.3 Å². The van der Waals surface area contributed by atoms with Crippen LogP contribution in [-0.2, 0) is 13.1 Å². The molecule has 1 N–H and O–H groups in total. The van der Waals surface area contributed by atoms with Crippen molar-refractivity contribution in [1.29, 1.82) is 0 Å². The molecule has 0 unspecified atom stereocenters. The fourth-order valence-corrected chi connectivity index (χ4v) is 2.29. The Balaban J connectivity index is 1.66. The highest BCUT2D eigenvalue weighted by Crippen LogP contribution is 2.18. The number of anilines is 1. The minimum atomic E-state index is 0.517. The third kappa shape index (κ3) is 3.61. The summed E-state index contributed by atoms with van der Waals surface area (Å²) in [7, 11) is 0. The zero-order valence-electron chi connectivity index (χ0n) is 14.2. The van der Waals surface area contributed by atoms with Gasteiger partial charge in [-0.15, -0.1) is 5.10 Å². The lowest BCUT2D eigenvalue weighted by molar-refractivity contribution is 0.271. The first-order chi connectivity index (χ1) is 11.7. The van der Waals surface area contributed by atoms with Gasteiger partial charge in [0.05, 0.1) is 6.61 Å². The molecule has 2 aromatic heterocycles. The number of nitrogens with one attached hydrogen (secondary N) is 1. The molecule has 0 aliphatic heterocycles. The second kappa shape index (κ2) is 7.25. The maximum atomic E-state index is 5.70. The van der Waals surface area contributed by atoms with Crippen LogP contribution in [-0.4, -0.2) is 31.6 Å². The van der Waals surface area contributed by atoms with Crippen LogP contribution in [0.2, 0.25) is 0 Å². The van der Waals surface area contributed by atoms with E-state index in [1.165, 1.54) is 6.33 Å². The first kappa shape index (κ1) is 16.2. The Morgan fingerprint density at radius 2 is 1.96 bits per heavy atom. The molecule has 0 spiro atoms. The molecule has 0 aliphatic rings. The van der Waals surface area contributed by atoms with Crippen LogP contribution in [0, 0.1) is 5.92 Å². The Labute approximate surface area is 141 Å². The van der Waals surface area contributed by atoms with E-state index in [9.17, 15) is 0 Å². The Morgan fingerprint density at radius 1 is 1.17 bits per heavy atom. The van der Waals surface area contributed by atoms with Gasteiger partial charge in [-0.2, -0.15) is 0 Å². The van der Waals surface area contributed by atoms with Crippen molar-refractivity contribution >= 4 is 17.0 Å². The molecule has 0 radical (unpaired) electrons. The molecule has 7 heteroatoms. The van der Waals surface area contributed by atoms with Gasteiger partial charge in [-0.05, 0) is 30.5 Å². The molecule has 0 saturated carbocycles. The van der Waals surface area contributed by atoms with Crippen molar-refractivity contribution in [2.75, 3.05) is 11.9 Å². The second-order valence-electron chi connectivity index (χ2n) is 6.00. The van der Waals surface area contributed by atoms with Gasteiger partial charge in [-0.1, -0.05) is 31.2 Å². The summed E-state index contributed by atoms with van der Waals surface area (Å²) < 4.78 is 7.45. The van der Waals surface area contributed by atoms with E-state index in [2.05, 4.69) is 39.4 Å². The van der Waals surface area contributed by atoms with E-state index in [0.29, 0.717) is 23.8 Å². The third-order valence-corrected chi connectivity index (χ3v) is 3.57. The van der Waals surface area contributed by atoms with E-state index in [0.717, 1.165) is 30.1 Å². The molecular formula is C17H22N6O. The zero-order valence-corrected chi connectivity index (χ0v) is 14.2. The highest BCUT2D eigenvalue weighted by molar-refractivity contribution is 5.81. The molecule has 126 valence electrons. The Kier molecular flexibility index (Phi) is 4.88. The van der Waals surface area contributed by atoms with E-state index in [1.54, 1.807) is 4.68 Å². The number of aromatic nitrogens is 5. The minimum absolute atomic E-state index is 0.517. The molecule has 0 atom stereocenters. The summed E-state index contributed by atoms with van der Waals surface area (Å²) >= 11 is 0. The summed E-state index contributed by atoms with van der Waals surface area (Å²) in [5, 5.41) is 11.5. The Bertz CT molecular complexity index is 796. The minimum Gasteiger partial charge on any atom is -0.493 e. The first-order valence-corrected chi connectivity index (χ1v) is 8.17. The molecular weight excluding hydrogens is 304 g/mol. The lowest BCUT2D eigenvalue weighted by atomic mass is 10.2. The topological polar surface area (TPSA) is 77.8 Å². The average Bonchev–Trinajstić information content (AvgIpc) is 3.02. The fraction of sp³-hybridized carbons (Fsp3) is 0.412. The summed E-state index contributed by atoms with van der Waals surface area (Å²) in [5.74, 6) is 2.10. The largest absolute Gasteiger partial charge is 0.493 e. The first-order valence-electron chi connectivity index (χ1n) is 8.17. The summed E-state index contributed by atoms with van der Waals surface area (Å²) in [6, 6.07) is 8.07. The van der Waals surface area contributed by atoms with Gasteiger partial charge in [0.25, 0.3) is 0 Å². The summed E-state index contributed by atoms with van der Waals surface area (Å²) in [6.07, 6.45) is 1.53. The van der Waals surface area contributed by atoms with Crippen molar-refractivity contribution in [1.82, 2.24) is 25.0 Å². The number of hydrogen-bond acceptors (Lipinski definition) is 6. The third-order valence-electron chi connectivity index (χ3n) is 3.57. The predicted octanol–water partition coefficient (Wildman–Crippen LogP) is 2.89. The lowest BCUT2D eigenvalue weighted by Gasteiger charge is -2.10. The van der Waals surface area contributed by atoms with Crippen molar-refractivity contribution in [3.63, 3.8) is 0 Å². The van der Waals surface area contributed by atoms with Crippen molar-refractivity contribution in [3.8, 4) is 5.75 Å². The van der Waals surface area contributed by atoms with Gasteiger partial charge < -0.3 is 10.1 Å². The van der Waals surface area contributed by atoms with Crippen LogP contribution in [0.4, 0.5) is 5.82 Å². The van der Waals surface area contributed by atoms with Gasteiger partial charge >= 0.3 is 0 Å². The van der Waals surface area contributed by atoms with Crippen LogP contribution in [0.5, 0.6) is 5.75 Å². The van der Waals surface area contributed by atoms with Crippen LogP contribution >= 0.6 is 0 Å². The predicted molar refractivity (Wildman–Crippen MR) is 92.9 cm³/mol. The van der Waals surface area contributed by atoms with E-state index in [4.69, 9.17) is 4.74 Å². The Hall–Kier alpha value is -2.70. The van der Waals surface area contributed by atoms with Crippen LogP contribution in [0.3, 0.4) is 0 Å². The van der Waals surface area contributed by atoms with Gasteiger partial charge in [0.2, 0.25) is 0 Å². The zero-order chi connectivity index (χ0) is 16.9. The molecule has 24 heavy (non-hydrogen) atoms. The van der Waals surface area contributed by atoms with Gasteiger partial charge in [0.15, 0.2) is 17.0 Å². The molecule has 0 aliphatic carbocycles. The van der Waals surface area contributed by atoms with Gasteiger partial charge in [-0.3, -0.25) is 0 Å². The number of benzene rings is 1. The molecule has 0 bridgehead atoms. The number of aryl methyl sites for hydroxylation is 1. The lowest BCUT2D eigenvalue weighted by Crippen LogP contribution is -2.05. The molecule has 0 saturated heterocycles. The monoisotopic (exact) mass is 326 g/mol. The molecule has 7 nitrogen and oxygen atoms in total. The van der Waals surface area contributed by atoms with Crippen molar-refractivity contribution < 1.29 is 4.74 Å². The number of ether oxygens (including phenoxy) is 1. The standard InChI is InChI=1S/C17H22N6O/c1-4-23-17-15(21-22-23)16(19-11-20-17)18-9-13-5-7-14(8-6-13)24-10-12(2)3/h5-8,11-12H,4,9-10H2,1-3H3,(H,18,19,20). The smallest absolute Gasteiger partial charge is 0.183 e. The van der Waals surface area contributed by atoms with E-state index in [-0.39, 0.29) is 0 Å². The summed E-state index contributed by atoms with van der Waals surface area (Å²) in [6.45, 7) is 8.38. The number of nitrogens with zero attached hydrogens (tertiary/aromatic N) is 5. The molecule has 0 fully saturated rings. The quantitative estimate of drug-likeness (QED) is 0.719. The highest BCUT2D eigenvalue weighted by Gasteiger charge is 2.10. The number of fused-ring (bicyclic) bond motifs is 1. The van der Waals surface area contributed by atoms with Gasteiger partial charge in [-0.25, -0.2) is 14.6 Å². The molecule has 3 rings (SSSR count). The van der Waals surface area contributed by atoms with Crippen LogP contribution < -0.4 is 10.1 Å². The van der Waals surface area contributed by atoms with E-state index >= 15 is 0 Å². The summed E-state index contributed by atoms with van der Waals surface area (Å²) in [4.78, 5) is 8.52. The molecule has 0 amide bonds. The molecule has 2 heterocycles.